The minimum Gasteiger partial charge on any atom is -0.358 e. The number of para-hydroxylation sites is 1. The minimum absolute atomic E-state index is 0.394. The van der Waals surface area contributed by atoms with E-state index in [-0.39, 0.29) is 0 Å². The van der Waals surface area contributed by atoms with Crippen molar-refractivity contribution in [3.63, 3.8) is 0 Å². The third-order valence-corrected chi connectivity index (χ3v) is 7.39. The van der Waals surface area contributed by atoms with Crippen LogP contribution in [0.3, 0.4) is 0 Å². The van der Waals surface area contributed by atoms with Crippen molar-refractivity contribution < 1.29 is 8.42 Å². The van der Waals surface area contributed by atoms with Crippen LogP contribution in [0.15, 0.2) is 59.5 Å². The maximum Gasteiger partial charge on any atom is 0.243 e. The van der Waals surface area contributed by atoms with E-state index < -0.39 is 10.0 Å². The second kappa shape index (κ2) is 6.89. The number of aromatic amines is 1. The van der Waals surface area contributed by atoms with Crippen molar-refractivity contribution in [3.8, 4) is 0 Å². The molecule has 0 atom stereocenters. The number of hydrogen-bond donors (Lipinski definition) is 1. The fourth-order valence-corrected chi connectivity index (χ4v) is 5.47. The predicted octanol–water partition coefficient (Wildman–Crippen LogP) is 4.12. The molecular weight excluding hydrogens is 344 g/mol. The topological polar surface area (TPSA) is 53.2 Å². The van der Waals surface area contributed by atoms with E-state index in [1.165, 1.54) is 22.2 Å². The van der Waals surface area contributed by atoms with Gasteiger partial charge in [0.2, 0.25) is 10.0 Å². The first-order chi connectivity index (χ1) is 12.6. The molecule has 5 heteroatoms. The molecule has 4 rings (SSSR count). The van der Waals surface area contributed by atoms with Gasteiger partial charge in [0.15, 0.2) is 0 Å². The fraction of sp³-hybridized carbons (Fsp3) is 0.333. The molecule has 1 aliphatic rings. The zero-order chi connectivity index (χ0) is 18.1. The van der Waals surface area contributed by atoms with Crippen LogP contribution in [0.2, 0.25) is 0 Å². The third-order valence-electron chi connectivity index (χ3n) is 5.47. The zero-order valence-electron chi connectivity index (χ0n) is 15.0. The molecule has 0 aliphatic carbocycles. The third kappa shape index (κ3) is 3.17. The Hall–Kier alpha value is -2.11. The molecule has 3 aromatic rings. The minimum atomic E-state index is -3.36. The zero-order valence-corrected chi connectivity index (χ0v) is 15.8. The predicted molar refractivity (Wildman–Crippen MR) is 105 cm³/mol. The van der Waals surface area contributed by atoms with Gasteiger partial charge < -0.3 is 4.98 Å². The number of rotatable bonds is 4. The number of piperidine rings is 1. The van der Waals surface area contributed by atoms with Crippen molar-refractivity contribution in [1.82, 2.24) is 9.29 Å². The highest BCUT2D eigenvalue weighted by molar-refractivity contribution is 7.89. The van der Waals surface area contributed by atoms with Crippen molar-refractivity contribution >= 4 is 20.9 Å². The van der Waals surface area contributed by atoms with E-state index in [1.54, 1.807) is 28.6 Å². The molecule has 0 unspecified atom stereocenters. The Kier molecular flexibility index (Phi) is 4.59. The van der Waals surface area contributed by atoms with Crippen LogP contribution in [-0.4, -0.2) is 30.8 Å². The molecule has 1 fully saturated rings. The Morgan fingerprint density at radius 1 is 1.00 bits per heavy atom. The molecule has 1 aliphatic heterocycles. The Labute approximate surface area is 154 Å². The molecule has 4 nitrogen and oxygen atoms in total. The van der Waals surface area contributed by atoms with E-state index in [4.69, 9.17) is 0 Å². The van der Waals surface area contributed by atoms with Crippen LogP contribution in [-0.2, 0) is 16.4 Å². The monoisotopic (exact) mass is 368 g/mol. The van der Waals surface area contributed by atoms with Crippen LogP contribution >= 0.6 is 0 Å². The van der Waals surface area contributed by atoms with Crippen LogP contribution < -0.4 is 0 Å². The van der Waals surface area contributed by atoms with E-state index in [0.29, 0.717) is 23.9 Å². The van der Waals surface area contributed by atoms with Crippen LogP contribution in [0.25, 0.3) is 10.9 Å². The van der Waals surface area contributed by atoms with Crippen molar-refractivity contribution in [2.75, 3.05) is 13.1 Å². The highest BCUT2D eigenvalue weighted by Crippen LogP contribution is 2.30. The van der Waals surface area contributed by atoms with Gasteiger partial charge in [-0.2, -0.15) is 4.31 Å². The number of nitrogens with one attached hydrogen (secondary N) is 1. The van der Waals surface area contributed by atoms with Gasteiger partial charge in [-0.05, 0) is 55.9 Å². The summed E-state index contributed by atoms with van der Waals surface area (Å²) >= 11 is 0. The van der Waals surface area contributed by atoms with Crippen LogP contribution in [0.5, 0.6) is 0 Å². The Bertz CT molecular complexity index is 1000. The van der Waals surface area contributed by atoms with E-state index in [9.17, 15) is 8.42 Å². The standard InChI is InChI=1S/C21H24N2O2S/c1-16-20(19-9-5-6-10-21(19)22-16)15-17-11-13-23(14-12-17)26(24,25)18-7-3-2-4-8-18/h2-10,17,22H,11-15H2,1H3. The van der Waals surface area contributed by atoms with E-state index in [2.05, 4.69) is 36.2 Å². The molecule has 1 aromatic heterocycles. The molecule has 0 spiro atoms. The summed E-state index contributed by atoms with van der Waals surface area (Å²) in [6.07, 6.45) is 2.82. The van der Waals surface area contributed by atoms with Gasteiger partial charge >= 0.3 is 0 Å². The largest absolute Gasteiger partial charge is 0.358 e. The molecule has 0 bridgehead atoms. The van der Waals surface area contributed by atoms with Crippen molar-refractivity contribution in [3.05, 3.63) is 65.9 Å². The van der Waals surface area contributed by atoms with Gasteiger partial charge in [-0.1, -0.05) is 36.4 Å². The first kappa shape index (κ1) is 17.3. The summed E-state index contributed by atoms with van der Waals surface area (Å²) < 4.78 is 27.2. The molecule has 0 amide bonds. The molecule has 136 valence electrons. The number of aromatic nitrogens is 1. The van der Waals surface area contributed by atoms with Gasteiger partial charge in [-0.3, -0.25) is 0 Å². The number of sulfonamides is 1. The van der Waals surface area contributed by atoms with Crippen LogP contribution in [0.4, 0.5) is 0 Å². The van der Waals surface area contributed by atoms with E-state index in [1.807, 2.05) is 6.07 Å². The van der Waals surface area contributed by atoms with E-state index in [0.717, 1.165) is 19.3 Å². The van der Waals surface area contributed by atoms with E-state index >= 15 is 0 Å². The summed E-state index contributed by atoms with van der Waals surface area (Å²) in [5, 5.41) is 1.30. The average molecular weight is 369 g/mol. The molecule has 2 heterocycles. The van der Waals surface area contributed by atoms with Gasteiger partial charge in [-0.25, -0.2) is 8.42 Å². The van der Waals surface area contributed by atoms with Gasteiger partial charge in [0.1, 0.15) is 0 Å². The molecule has 2 aromatic carbocycles. The lowest BCUT2D eigenvalue weighted by Crippen LogP contribution is -2.38. The lowest BCUT2D eigenvalue weighted by atomic mass is 9.90. The number of aryl methyl sites for hydroxylation is 1. The van der Waals surface area contributed by atoms with Gasteiger partial charge in [0, 0.05) is 29.7 Å². The van der Waals surface area contributed by atoms with Crippen molar-refractivity contribution in [1.29, 1.82) is 0 Å². The number of H-pyrrole nitrogens is 1. The Balaban J connectivity index is 1.46. The maximum atomic E-state index is 12.8. The summed E-state index contributed by atoms with van der Waals surface area (Å²) in [6, 6.07) is 17.2. The van der Waals surface area contributed by atoms with Gasteiger partial charge in [0.25, 0.3) is 0 Å². The molecule has 0 saturated carbocycles. The SMILES string of the molecule is Cc1[nH]c2ccccc2c1CC1CCN(S(=O)(=O)c2ccccc2)CC1. The van der Waals surface area contributed by atoms with Crippen molar-refractivity contribution in [2.24, 2.45) is 5.92 Å². The summed E-state index contributed by atoms with van der Waals surface area (Å²) in [7, 11) is -3.36. The number of hydrogen-bond acceptors (Lipinski definition) is 2. The number of nitrogens with zero attached hydrogens (tertiary/aromatic N) is 1. The Morgan fingerprint density at radius 2 is 1.65 bits per heavy atom. The lowest BCUT2D eigenvalue weighted by molar-refractivity contribution is 0.273. The number of benzene rings is 2. The fourth-order valence-electron chi connectivity index (χ4n) is 3.98. The summed E-state index contributed by atoms with van der Waals surface area (Å²) in [5.41, 5.74) is 3.79. The van der Waals surface area contributed by atoms with Gasteiger partial charge in [-0.15, -0.1) is 0 Å². The Morgan fingerprint density at radius 3 is 2.38 bits per heavy atom. The highest BCUT2D eigenvalue weighted by atomic mass is 32.2. The molecule has 1 N–H and O–H groups in total. The van der Waals surface area contributed by atoms with Gasteiger partial charge in [0.05, 0.1) is 4.90 Å². The van der Waals surface area contributed by atoms with Crippen LogP contribution in [0.1, 0.15) is 24.1 Å². The summed E-state index contributed by atoms with van der Waals surface area (Å²) in [4.78, 5) is 3.86. The number of fused-ring (bicyclic) bond motifs is 1. The second-order valence-electron chi connectivity index (χ2n) is 7.14. The molecule has 1 saturated heterocycles. The highest BCUT2D eigenvalue weighted by Gasteiger charge is 2.29. The summed E-state index contributed by atoms with van der Waals surface area (Å²) in [6.45, 7) is 3.33. The smallest absolute Gasteiger partial charge is 0.243 e. The average Bonchev–Trinajstić information content (AvgIpc) is 2.98. The molecular formula is C21H24N2O2S. The van der Waals surface area contributed by atoms with Crippen LogP contribution in [0, 0.1) is 12.8 Å². The quantitative estimate of drug-likeness (QED) is 0.753. The summed E-state index contributed by atoms with van der Waals surface area (Å²) in [5.74, 6) is 0.523. The lowest BCUT2D eigenvalue weighted by Gasteiger charge is -2.31. The normalized spacial score (nSPS) is 17.0. The maximum absolute atomic E-state index is 12.8. The first-order valence-electron chi connectivity index (χ1n) is 9.17. The molecule has 0 radical (unpaired) electrons. The molecule has 26 heavy (non-hydrogen) atoms. The first-order valence-corrected chi connectivity index (χ1v) is 10.6. The second-order valence-corrected chi connectivity index (χ2v) is 9.08. The van der Waals surface area contributed by atoms with Crippen molar-refractivity contribution in [2.45, 2.75) is 31.1 Å².